The number of rotatable bonds is 9. The third-order valence-corrected chi connectivity index (χ3v) is 4.73. The molecule has 0 bridgehead atoms. The highest BCUT2D eigenvalue weighted by atomic mass is 32.2. The summed E-state index contributed by atoms with van der Waals surface area (Å²) in [6, 6.07) is 10.3. The fourth-order valence-corrected chi connectivity index (χ4v) is 2.97. The minimum atomic E-state index is -3.78. The molecule has 0 aliphatic rings. The van der Waals surface area contributed by atoms with E-state index in [1.807, 2.05) is 0 Å². The Kier molecular flexibility index (Phi) is 7.30. The van der Waals surface area contributed by atoms with Crippen molar-refractivity contribution in [2.75, 3.05) is 13.7 Å². The van der Waals surface area contributed by atoms with Crippen LogP contribution in [0.4, 0.5) is 8.78 Å². The molecule has 0 heterocycles. The van der Waals surface area contributed by atoms with Gasteiger partial charge in [0, 0.05) is 6.54 Å². The molecule has 0 aliphatic heterocycles. The van der Waals surface area contributed by atoms with E-state index in [9.17, 15) is 22.0 Å². The maximum atomic E-state index is 12.4. The molecular weight excluding hydrogens is 394 g/mol. The lowest BCUT2D eigenvalue weighted by atomic mass is 10.1. The largest absolute Gasteiger partial charge is 0.493 e. The number of nitrogens with two attached hydrogens (primary N) is 1. The molecule has 2 rings (SSSR count). The molecule has 0 atom stereocenters. The van der Waals surface area contributed by atoms with Gasteiger partial charge in [0.1, 0.15) is 0 Å². The second-order valence-electron chi connectivity index (χ2n) is 5.83. The Labute approximate surface area is 161 Å². The average molecular weight is 414 g/mol. The maximum absolute atomic E-state index is 12.4. The van der Waals surface area contributed by atoms with E-state index in [1.54, 1.807) is 6.07 Å². The Hall–Kier alpha value is -2.72. The number of hydrogen-bond acceptors (Lipinski definition) is 5. The second-order valence-corrected chi connectivity index (χ2v) is 7.39. The van der Waals surface area contributed by atoms with Crippen LogP contribution in [-0.4, -0.2) is 34.6 Å². The normalized spacial score (nSPS) is 11.3. The summed E-state index contributed by atoms with van der Waals surface area (Å²) < 4.78 is 56.7. The van der Waals surface area contributed by atoms with Gasteiger partial charge in [0.25, 0.3) is 0 Å². The maximum Gasteiger partial charge on any atom is 0.387 e. The van der Waals surface area contributed by atoms with Crippen molar-refractivity contribution in [1.29, 1.82) is 0 Å². The van der Waals surface area contributed by atoms with E-state index in [0.717, 1.165) is 0 Å². The van der Waals surface area contributed by atoms with Gasteiger partial charge in [0.2, 0.25) is 15.9 Å². The molecule has 10 heteroatoms. The van der Waals surface area contributed by atoms with E-state index >= 15 is 0 Å². The fraction of sp³-hybridized carbons (Fsp3) is 0.278. The molecule has 0 radical (unpaired) electrons. The van der Waals surface area contributed by atoms with Crippen LogP contribution >= 0.6 is 0 Å². The SMILES string of the molecule is COc1ccc(CCNC(=O)Cc2ccc(S(N)(=O)=O)cc2)cc1OC(F)F. The van der Waals surface area contributed by atoms with Crippen LogP contribution in [0.2, 0.25) is 0 Å². The minimum absolute atomic E-state index is 0.0296. The molecule has 3 N–H and O–H groups in total. The second kappa shape index (κ2) is 9.47. The molecule has 0 saturated heterocycles. The number of carbonyl (C=O) groups excluding carboxylic acids is 1. The first kappa shape index (κ1) is 21.6. The van der Waals surface area contributed by atoms with Gasteiger partial charge in [-0.3, -0.25) is 4.79 Å². The molecule has 2 aromatic rings. The lowest BCUT2D eigenvalue weighted by Gasteiger charge is -2.12. The molecule has 0 unspecified atom stereocenters. The molecule has 0 fully saturated rings. The summed E-state index contributed by atoms with van der Waals surface area (Å²) in [5.74, 6) is -0.145. The van der Waals surface area contributed by atoms with E-state index in [4.69, 9.17) is 9.88 Å². The first-order chi connectivity index (χ1) is 13.2. The Morgan fingerprint density at radius 2 is 1.75 bits per heavy atom. The lowest BCUT2D eigenvalue weighted by Crippen LogP contribution is -2.27. The van der Waals surface area contributed by atoms with E-state index in [0.29, 0.717) is 17.5 Å². The zero-order valence-electron chi connectivity index (χ0n) is 15.0. The molecular formula is C18H20F2N2O5S. The smallest absolute Gasteiger partial charge is 0.387 e. The molecule has 152 valence electrons. The third-order valence-electron chi connectivity index (χ3n) is 3.80. The zero-order valence-corrected chi connectivity index (χ0v) is 15.8. The topological polar surface area (TPSA) is 108 Å². The molecule has 2 aromatic carbocycles. The van der Waals surface area contributed by atoms with Crippen molar-refractivity contribution in [2.45, 2.75) is 24.3 Å². The van der Waals surface area contributed by atoms with Gasteiger partial charge in [-0.05, 0) is 41.8 Å². The third kappa shape index (κ3) is 6.46. The summed E-state index contributed by atoms with van der Waals surface area (Å²) >= 11 is 0. The Bertz CT molecular complexity index is 918. The summed E-state index contributed by atoms with van der Waals surface area (Å²) in [6.07, 6.45) is 0.465. The first-order valence-electron chi connectivity index (χ1n) is 8.19. The van der Waals surface area contributed by atoms with Gasteiger partial charge in [-0.2, -0.15) is 8.78 Å². The predicted octanol–water partition coefficient (Wildman–Crippen LogP) is 1.85. The number of halogens is 2. The van der Waals surface area contributed by atoms with Crippen LogP contribution in [0.15, 0.2) is 47.4 Å². The van der Waals surface area contributed by atoms with Gasteiger partial charge in [-0.25, -0.2) is 13.6 Å². The molecule has 0 saturated carbocycles. The predicted molar refractivity (Wildman–Crippen MR) is 97.9 cm³/mol. The number of sulfonamides is 1. The van der Waals surface area contributed by atoms with E-state index in [2.05, 4.69) is 10.1 Å². The van der Waals surface area contributed by atoms with Gasteiger partial charge < -0.3 is 14.8 Å². The molecule has 28 heavy (non-hydrogen) atoms. The molecule has 1 amide bonds. The zero-order chi connectivity index (χ0) is 20.7. The van der Waals surface area contributed by atoms with Crippen molar-refractivity contribution < 1.29 is 31.5 Å². The number of ether oxygens (including phenoxy) is 2. The summed E-state index contributed by atoms with van der Waals surface area (Å²) in [6.45, 7) is -2.68. The number of hydrogen-bond donors (Lipinski definition) is 2. The van der Waals surface area contributed by atoms with Crippen molar-refractivity contribution in [3.63, 3.8) is 0 Å². The highest BCUT2D eigenvalue weighted by Crippen LogP contribution is 2.29. The number of nitrogens with one attached hydrogen (secondary N) is 1. The highest BCUT2D eigenvalue weighted by Gasteiger charge is 2.12. The molecule has 0 aromatic heterocycles. The van der Waals surface area contributed by atoms with Crippen molar-refractivity contribution in [1.82, 2.24) is 5.32 Å². The van der Waals surface area contributed by atoms with Crippen LogP contribution in [0.3, 0.4) is 0 Å². The number of methoxy groups -OCH3 is 1. The Morgan fingerprint density at radius 3 is 2.32 bits per heavy atom. The standard InChI is InChI=1S/C18H20F2N2O5S/c1-26-15-7-4-13(10-16(15)27-18(19)20)8-9-22-17(23)11-12-2-5-14(6-3-12)28(21,24)25/h2-7,10,18H,8-9,11H2,1H3,(H,22,23)(H2,21,24,25). The van der Waals surface area contributed by atoms with Crippen LogP contribution < -0.4 is 19.9 Å². The summed E-state index contributed by atoms with van der Waals surface area (Å²) in [5.41, 5.74) is 1.32. The van der Waals surface area contributed by atoms with Crippen molar-refractivity contribution in [3.05, 3.63) is 53.6 Å². The Balaban J connectivity index is 1.88. The molecule has 7 nitrogen and oxygen atoms in total. The summed E-state index contributed by atoms with van der Waals surface area (Å²) in [5, 5.41) is 7.73. The van der Waals surface area contributed by atoms with Gasteiger partial charge in [-0.15, -0.1) is 0 Å². The number of carbonyl (C=O) groups is 1. The Morgan fingerprint density at radius 1 is 1.11 bits per heavy atom. The fourth-order valence-electron chi connectivity index (χ4n) is 2.46. The number of benzene rings is 2. The van der Waals surface area contributed by atoms with Gasteiger partial charge in [-0.1, -0.05) is 18.2 Å². The molecule has 0 aliphatic carbocycles. The van der Waals surface area contributed by atoms with Crippen LogP contribution in [0.1, 0.15) is 11.1 Å². The van der Waals surface area contributed by atoms with E-state index in [-0.39, 0.29) is 35.3 Å². The lowest BCUT2D eigenvalue weighted by molar-refractivity contribution is -0.120. The van der Waals surface area contributed by atoms with Gasteiger partial charge in [0.15, 0.2) is 11.5 Å². The number of primary sulfonamides is 1. The van der Waals surface area contributed by atoms with E-state index < -0.39 is 16.6 Å². The van der Waals surface area contributed by atoms with Gasteiger partial charge >= 0.3 is 6.61 Å². The van der Waals surface area contributed by atoms with Crippen molar-refractivity contribution >= 4 is 15.9 Å². The highest BCUT2D eigenvalue weighted by molar-refractivity contribution is 7.89. The van der Waals surface area contributed by atoms with Crippen molar-refractivity contribution in [2.24, 2.45) is 5.14 Å². The molecule has 0 spiro atoms. The first-order valence-corrected chi connectivity index (χ1v) is 9.74. The summed E-state index contributed by atoms with van der Waals surface area (Å²) in [4.78, 5) is 12.0. The average Bonchev–Trinajstić information content (AvgIpc) is 2.61. The van der Waals surface area contributed by atoms with Crippen molar-refractivity contribution in [3.8, 4) is 11.5 Å². The monoisotopic (exact) mass is 414 g/mol. The van der Waals surface area contributed by atoms with Crippen LogP contribution in [-0.2, 0) is 27.7 Å². The van der Waals surface area contributed by atoms with E-state index in [1.165, 1.54) is 43.5 Å². The number of alkyl halides is 2. The number of amides is 1. The van der Waals surface area contributed by atoms with Crippen LogP contribution in [0.5, 0.6) is 11.5 Å². The van der Waals surface area contributed by atoms with Crippen LogP contribution in [0, 0.1) is 0 Å². The minimum Gasteiger partial charge on any atom is -0.493 e. The quantitative estimate of drug-likeness (QED) is 0.651. The van der Waals surface area contributed by atoms with Crippen LogP contribution in [0.25, 0.3) is 0 Å². The van der Waals surface area contributed by atoms with Gasteiger partial charge in [0.05, 0.1) is 18.4 Å². The summed E-state index contributed by atoms with van der Waals surface area (Å²) in [7, 11) is -2.43.